The molecule has 0 radical (unpaired) electrons. The maximum absolute atomic E-state index is 12.9. The number of sulfonamides is 1. The van der Waals surface area contributed by atoms with Crippen LogP contribution in [0.25, 0.3) is 0 Å². The highest BCUT2D eigenvalue weighted by atomic mass is 35.5. The molecule has 0 spiro atoms. The zero-order valence-corrected chi connectivity index (χ0v) is 17.4. The van der Waals surface area contributed by atoms with Crippen molar-refractivity contribution in [2.45, 2.75) is 25.2 Å². The lowest BCUT2D eigenvalue weighted by Crippen LogP contribution is -2.40. The molecule has 3 rings (SSSR count). The molecule has 1 aromatic heterocycles. The predicted octanol–water partition coefficient (Wildman–Crippen LogP) is 2.94. The van der Waals surface area contributed by atoms with E-state index in [2.05, 4.69) is 10.3 Å². The van der Waals surface area contributed by atoms with Crippen molar-refractivity contribution >= 4 is 44.6 Å². The Morgan fingerprint density at radius 2 is 2.07 bits per heavy atom. The highest BCUT2D eigenvalue weighted by Gasteiger charge is 2.29. The van der Waals surface area contributed by atoms with Gasteiger partial charge in [0.2, 0.25) is 10.0 Å². The molecule has 1 amide bonds. The fourth-order valence-electron chi connectivity index (χ4n) is 2.71. The summed E-state index contributed by atoms with van der Waals surface area (Å²) in [6.07, 6.45) is 0.752. The number of hydrogen-bond acceptors (Lipinski definition) is 6. The Balaban J connectivity index is 1.86. The molecule has 146 valence electrons. The number of aromatic nitrogens is 1. The summed E-state index contributed by atoms with van der Waals surface area (Å²) >= 11 is 7.48. The van der Waals surface area contributed by atoms with E-state index in [1.54, 1.807) is 13.0 Å². The number of rotatable bonds is 5. The normalized spacial score (nSPS) is 15.7. The molecule has 0 bridgehead atoms. The number of carbonyl (C=O) groups excluding carboxylic acids is 1. The summed E-state index contributed by atoms with van der Waals surface area (Å²) < 4.78 is 32.3. The van der Waals surface area contributed by atoms with Crippen LogP contribution >= 0.6 is 22.9 Å². The zero-order chi connectivity index (χ0) is 19.6. The Kier molecular flexibility index (Phi) is 6.17. The second-order valence-electron chi connectivity index (χ2n) is 5.99. The van der Waals surface area contributed by atoms with Gasteiger partial charge in [0.25, 0.3) is 5.91 Å². The topological polar surface area (TPSA) is 88.6 Å². The maximum Gasteiger partial charge on any atom is 0.267 e. The van der Waals surface area contributed by atoms with Gasteiger partial charge in [0.1, 0.15) is 9.77 Å². The Hall–Kier alpha value is -1.52. The average molecular weight is 430 g/mol. The van der Waals surface area contributed by atoms with Crippen molar-refractivity contribution < 1.29 is 17.9 Å². The van der Waals surface area contributed by atoms with Gasteiger partial charge in [0.15, 0.2) is 0 Å². The zero-order valence-electron chi connectivity index (χ0n) is 15.0. The number of carbonyl (C=O) groups is 1. The number of nitrogens with zero attached hydrogens (tertiary/aromatic N) is 2. The number of hydrogen-bond donors (Lipinski definition) is 1. The summed E-state index contributed by atoms with van der Waals surface area (Å²) in [5, 5.41) is 3.74. The van der Waals surface area contributed by atoms with Crippen LogP contribution in [0.3, 0.4) is 0 Å². The molecule has 0 atom stereocenters. The van der Waals surface area contributed by atoms with Crippen molar-refractivity contribution in [3.8, 4) is 0 Å². The lowest BCUT2D eigenvalue weighted by atomic mass is 10.3. The molecule has 1 aliphatic heterocycles. The first-order chi connectivity index (χ1) is 12.8. The number of amides is 1. The molecule has 1 N–H and O–H groups in total. The molecule has 1 fully saturated rings. The lowest BCUT2D eigenvalue weighted by Gasteiger charge is -2.26. The van der Waals surface area contributed by atoms with Gasteiger partial charge in [0.05, 0.1) is 28.9 Å². The van der Waals surface area contributed by atoms with E-state index < -0.39 is 10.0 Å². The molecule has 7 nitrogen and oxygen atoms in total. The number of anilines is 1. The third-order valence-electron chi connectivity index (χ3n) is 4.13. The number of aryl methyl sites for hydroxylation is 2. The Labute approximate surface area is 167 Å². The number of halogens is 1. The first-order valence-electron chi connectivity index (χ1n) is 8.48. The predicted molar refractivity (Wildman–Crippen MR) is 105 cm³/mol. The van der Waals surface area contributed by atoms with E-state index in [4.69, 9.17) is 16.3 Å². The lowest BCUT2D eigenvalue weighted by molar-refractivity contribution is 0.0730. The van der Waals surface area contributed by atoms with Gasteiger partial charge in [-0.15, -0.1) is 11.3 Å². The quantitative estimate of drug-likeness (QED) is 0.789. The molecule has 2 aromatic rings. The van der Waals surface area contributed by atoms with Crippen LogP contribution in [-0.4, -0.2) is 49.9 Å². The number of morpholine rings is 1. The van der Waals surface area contributed by atoms with E-state index in [-0.39, 0.29) is 28.9 Å². The molecular weight excluding hydrogens is 410 g/mol. The van der Waals surface area contributed by atoms with Crippen LogP contribution in [0.4, 0.5) is 5.69 Å². The molecule has 2 heterocycles. The SMILES string of the molecule is CCc1nc(C)c(C(=O)Nc2ccc(Cl)c(S(=O)(=O)N3CCOCC3)c2)s1. The van der Waals surface area contributed by atoms with Crippen molar-refractivity contribution in [1.82, 2.24) is 9.29 Å². The fraction of sp³-hybridized carbons (Fsp3) is 0.412. The number of benzene rings is 1. The third kappa shape index (κ3) is 4.33. The van der Waals surface area contributed by atoms with Crippen molar-refractivity contribution in [3.05, 3.63) is 38.8 Å². The highest BCUT2D eigenvalue weighted by Crippen LogP contribution is 2.29. The van der Waals surface area contributed by atoms with Gasteiger partial charge >= 0.3 is 0 Å². The minimum atomic E-state index is -3.76. The minimum absolute atomic E-state index is 0.0286. The van der Waals surface area contributed by atoms with Crippen LogP contribution in [0, 0.1) is 6.92 Å². The van der Waals surface area contributed by atoms with Crippen LogP contribution in [-0.2, 0) is 21.2 Å². The van der Waals surface area contributed by atoms with Crippen molar-refractivity contribution in [3.63, 3.8) is 0 Å². The molecular formula is C17H20ClN3O4S2. The molecule has 1 aromatic carbocycles. The summed E-state index contributed by atoms with van der Waals surface area (Å²) in [7, 11) is -3.76. The highest BCUT2D eigenvalue weighted by molar-refractivity contribution is 7.89. The van der Waals surface area contributed by atoms with Gasteiger partial charge in [-0.2, -0.15) is 4.31 Å². The largest absolute Gasteiger partial charge is 0.379 e. The second kappa shape index (κ2) is 8.24. The Bertz CT molecular complexity index is 953. The number of thiazole rings is 1. The van der Waals surface area contributed by atoms with Gasteiger partial charge in [-0.3, -0.25) is 4.79 Å². The third-order valence-corrected chi connectivity index (χ3v) is 7.81. The van der Waals surface area contributed by atoms with E-state index in [0.717, 1.165) is 11.4 Å². The number of nitrogens with one attached hydrogen (secondary N) is 1. The van der Waals surface area contributed by atoms with Gasteiger partial charge in [-0.25, -0.2) is 13.4 Å². The monoisotopic (exact) mass is 429 g/mol. The molecule has 1 aliphatic rings. The second-order valence-corrected chi connectivity index (χ2v) is 9.39. The van der Waals surface area contributed by atoms with E-state index in [9.17, 15) is 13.2 Å². The van der Waals surface area contributed by atoms with E-state index in [1.807, 2.05) is 6.92 Å². The summed E-state index contributed by atoms with van der Waals surface area (Å²) in [5.74, 6) is -0.318. The van der Waals surface area contributed by atoms with E-state index >= 15 is 0 Å². The van der Waals surface area contributed by atoms with Gasteiger partial charge < -0.3 is 10.1 Å². The van der Waals surface area contributed by atoms with Crippen LogP contribution in [0.5, 0.6) is 0 Å². The standard InChI is InChI=1S/C17H20ClN3O4S2/c1-3-15-19-11(2)16(26-15)17(22)20-12-4-5-13(18)14(10-12)27(23,24)21-6-8-25-9-7-21/h4-5,10H,3,6-9H2,1-2H3,(H,20,22). The maximum atomic E-state index is 12.9. The van der Waals surface area contributed by atoms with Crippen LogP contribution in [0.2, 0.25) is 5.02 Å². The van der Waals surface area contributed by atoms with Gasteiger partial charge in [0, 0.05) is 18.8 Å². The summed E-state index contributed by atoms with van der Waals surface area (Å²) in [4.78, 5) is 17.4. The first-order valence-corrected chi connectivity index (χ1v) is 11.1. The summed E-state index contributed by atoms with van der Waals surface area (Å²) in [6, 6.07) is 4.44. The Morgan fingerprint density at radius 1 is 1.37 bits per heavy atom. The minimum Gasteiger partial charge on any atom is -0.379 e. The van der Waals surface area contributed by atoms with Crippen LogP contribution in [0.1, 0.15) is 27.3 Å². The summed E-state index contributed by atoms with van der Waals surface area (Å²) in [6.45, 7) is 4.99. The molecule has 0 saturated carbocycles. The summed E-state index contributed by atoms with van der Waals surface area (Å²) in [5.41, 5.74) is 1.02. The Morgan fingerprint density at radius 3 is 2.70 bits per heavy atom. The van der Waals surface area contributed by atoms with Crippen LogP contribution < -0.4 is 5.32 Å². The molecule has 1 saturated heterocycles. The van der Waals surface area contributed by atoms with Crippen molar-refractivity contribution in [2.24, 2.45) is 0 Å². The van der Waals surface area contributed by atoms with Crippen molar-refractivity contribution in [1.29, 1.82) is 0 Å². The molecule has 10 heteroatoms. The van der Waals surface area contributed by atoms with E-state index in [0.29, 0.717) is 29.5 Å². The smallest absolute Gasteiger partial charge is 0.267 e. The van der Waals surface area contributed by atoms with Crippen molar-refractivity contribution in [2.75, 3.05) is 31.6 Å². The number of ether oxygens (including phenoxy) is 1. The fourth-order valence-corrected chi connectivity index (χ4v) is 5.51. The van der Waals surface area contributed by atoms with Gasteiger partial charge in [-0.1, -0.05) is 18.5 Å². The van der Waals surface area contributed by atoms with Crippen LogP contribution in [0.15, 0.2) is 23.1 Å². The van der Waals surface area contributed by atoms with Gasteiger partial charge in [-0.05, 0) is 31.5 Å². The molecule has 27 heavy (non-hydrogen) atoms. The van der Waals surface area contributed by atoms with E-state index in [1.165, 1.54) is 27.8 Å². The average Bonchev–Trinajstić information content (AvgIpc) is 3.05. The molecule has 0 aliphatic carbocycles. The molecule has 0 unspecified atom stereocenters. The first kappa shape index (κ1) is 20.2.